The Hall–Kier alpha value is -2.30. The first-order chi connectivity index (χ1) is 15.2. The van der Waals surface area contributed by atoms with Crippen LogP contribution in [0.4, 0.5) is 16.6 Å². The van der Waals surface area contributed by atoms with Crippen LogP contribution in [0.2, 0.25) is 0 Å². The molecule has 0 unspecified atom stereocenters. The van der Waals surface area contributed by atoms with E-state index in [9.17, 15) is 4.79 Å². The molecule has 0 atom stereocenters. The summed E-state index contributed by atoms with van der Waals surface area (Å²) in [7, 11) is 0. The van der Waals surface area contributed by atoms with Gasteiger partial charge in [0.15, 0.2) is 16.6 Å². The number of hydrogen-bond acceptors (Lipinski definition) is 8. The first-order valence-corrected chi connectivity index (χ1v) is 12.1. The highest BCUT2D eigenvalue weighted by atomic mass is 79.9. The number of piperidine rings is 1. The molecular formula is C21H23BrN6O2S. The van der Waals surface area contributed by atoms with Crippen molar-refractivity contribution in [3.8, 4) is 0 Å². The number of nitrogens with zero attached hydrogens (tertiary/aromatic N) is 5. The predicted molar refractivity (Wildman–Crippen MR) is 126 cm³/mol. The van der Waals surface area contributed by atoms with Gasteiger partial charge in [-0.1, -0.05) is 17.4 Å². The van der Waals surface area contributed by atoms with Gasteiger partial charge in [-0.05, 0) is 53.4 Å². The molecule has 31 heavy (non-hydrogen) atoms. The number of nitrogens with one attached hydrogen (secondary N) is 1. The van der Waals surface area contributed by atoms with Crippen LogP contribution >= 0.6 is 27.3 Å². The summed E-state index contributed by atoms with van der Waals surface area (Å²) in [4.78, 5) is 31.4. The number of fused-ring (bicyclic) bond motifs is 1. The molecule has 3 aromatic heterocycles. The fourth-order valence-corrected chi connectivity index (χ4v) is 5.24. The van der Waals surface area contributed by atoms with E-state index in [1.165, 1.54) is 6.42 Å². The Morgan fingerprint density at radius 2 is 1.84 bits per heavy atom. The summed E-state index contributed by atoms with van der Waals surface area (Å²) in [5, 5.41) is 4.00. The van der Waals surface area contributed by atoms with E-state index >= 15 is 0 Å². The van der Waals surface area contributed by atoms with E-state index in [0.717, 1.165) is 60.3 Å². The van der Waals surface area contributed by atoms with Crippen molar-refractivity contribution in [2.75, 3.05) is 54.5 Å². The molecule has 0 saturated carbocycles. The fraction of sp³-hybridized carbons (Fsp3) is 0.429. The minimum absolute atomic E-state index is 0.251. The van der Waals surface area contributed by atoms with E-state index < -0.39 is 0 Å². The highest BCUT2D eigenvalue weighted by Crippen LogP contribution is 2.35. The maximum atomic E-state index is 12.9. The van der Waals surface area contributed by atoms with Gasteiger partial charge in [-0.2, -0.15) is 4.98 Å². The first kappa shape index (κ1) is 20.6. The van der Waals surface area contributed by atoms with Crippen molar-refractivity contribution in [2.45, 2.75) is 19.3 Å². The third-order valence-corrected chi connectivity index (χ3v) is 6.98. The normalized spacial score (nSPS) is 17.2. The summed E-state index contributed by atoms with van der Waals surface area (Å²) in [6, 6.07) is 7.31. The Morgan fingerprint density at radius 3 is 2.61 bits per heavy atom. The van der Waals surface area contributed by atoms with Gasteiger partial charge in [0, 0.05) is 26.2 Å². The van der Waals surface area contributed by atoms with Crippen molar-refractivity contribution in [3.63, 3.8) is 0 Å². The number of hydrogen-bond donors (Lipinski definition) is 1. The van der Waals surface area contributed by atoms with Gasteiger partial charge in [0.2, 0.25) is 0 Å². The zero-order valence-electron chi connectivity index (χ0n) is 17.0. The molecule has 3 aromatic rings. The Morgan fingerprint density at radius 1 is 1.03 bits per heavy atom. The topological polar surface area (TPSA) is 83.5 Å². The number of aromatic nitrogens is 3. The second-order valence-corrected chi connectivity index (χ2v) is 9.45. The smallest absolute Gasteiger partial charge is 0.274 e. The van der Waals surface area contributed by atoms with Gasteiger partial charge in [0.05, 0.1) is 23.6 Å². The molecule has 2 aliphatic rings. The average molecular weight is 503 g/mol. The van der Waals surface area contributed by atoms with E-state index in [1.807, 2.05) is 6.07 Å². The number of amides is 1. The number of carbonyl (C=O) groups excluding carboxylic acids is 1. The van der Waals surface area contributed by atoms with Crippen LogP contribution in [0, 0.1) is 0 Å². The molecule has 0 bridgehead atoms. The molecule has 0 radical (unpaired) electrons. The van der Waals surface area contributed by atoms with Crippen LogP contribution in [-0.2, 0) is 4.74 Å². The summed E-state index contributed by atoms with van der Waals surface area (Å²) >= 11 is 4.94. The van der Waals surface area contributed by atoms with Crippen LogP contribution < -0.4 is 15.1 Å². The van der Waals surface area contributed by atoms with Gasteiger partial charge < -0.3 is 19.9 Å². The Kier molecular flexibility index (Phi) is 6.02. The minimum atomic E-state index is -0.251. The van der Waals surface area contributed by atoms with Gasteiger partial charge in [-0.25, -0.2) is 9.97 Å². The lowest BCUT2D eigenvalue weighted by atomic mass is 10.1. The molecule has 2 saturated heterocycles. The zero-order chi connectivity index (χ0) is 21.2. The van der Waals surface area contributed by atoms with E-state index in [4.69, 9.17) is 14.7 Å². The Labute approximate surface area is 192 Å². The molecule has 8 nitrogen and oxygen atoms in total. The molecule has 5 heterocycles. The zero-order valence-corrected chi connectivity index (χ0v) is 19.4. The molecule has 10 heteroatoms. The van der Waals surface area contributed by atoms with Crippen molar-refractivity contribution < 1.29 is 9.53 Å². The standard InChI is InChI=1S/C21H23BrN6O2S/c22-17-6-4-5-14(23-17)20(29)24-15-13-16-18(25-19(15)27-7-2-1-3-8-27)26-21(31-16)28-9-11-30-12-10-28/h4-6,13H,1-3,7-12H2,(H,24,29). The molecule has 1 N–H and O–H groups in total. The van der Waals surface area contributed by atoms with E-state index in [0.29, 0.717) is 29.2 Å². The molecule has 0 aliphatic carbocycles. The highest BCUT2D eigenvalue weighted by Gasteiger charge is 2.22. The second kappa shape index (κ2) is 9.05. The van der Waals surface area contributed by atoms with Crippen molar-refractivity contribution in [3.05, 3.63) is 34.6 Å². The lowest BCUT2D eigenvalue weighted by Crippen LogP contribution is -2.36. The molecule has 2 aliphatic heterocycles. The number of carbonyl (C=O) groups is 1. The quantitative estimate of drug-likeness (QED) is 0.541. The lowest BCUT2D eigenvalue weighted by molar-refractivity contribution is 0.102. The van der Waals surface area contributed by atoms with Crippen LogP contribution in [0.25, 0.3) is 10.3 Å². The molecule has 0 aromatic carbocycles. The summed E-state index contributed by atoms with van der Waals surface area (Å²) in [5.41, 5.74) is 1.79. The van der Waals surface area contributed by atoms with Crippen LogP contribution in [0.15, 0.2) is 28.9 Å². The molecular weight excluding hydrogens is 480 g/mol. The van der Waals surface area contributed by atoms with Crippen LogP contribution in [0.1, 0.15) is 29.8 Å². The van der Waals surface area contributed by atoms with Crippen LogP contribution in [0.3, 0.4) is 0 Å². The number of halogens is 1. The minimum Gasteiger partial charge on any atom is -0.378 e. The van der Waals surface area contributed by atoms with Crippen molar-refractivity contribution >= 4 is 60.2 Å². The SMILES string of the molecule is O=C(Nc1cc2sc(N3CCOCC3)nc2nc1N1CCCCC1)c1cccc(Br)n1. The van der Waals surface area contributed by atoms with Crippen LogP contribution in [-0.4, -0.2) is 60.3 Å². The average Bonchev–Trinajstić information content (AvgIpc) is 3.23. The summed E-state index contributed by atoms with van der Waals surface area (Å²) in [6.45, 7) is 4.94. The molecule has 5 rings (SSSR count). The van der Waals surface area contributed by atoms with Crippen molar-refractivity contribution in [1.82, 2.24) is 15.0 Å². The van der Waals surface area contributed by atoms with Gasteiger partial charge in [-0.15, -0.1) is 0 Å². The van der Waals surface area contributed by atoms with Gasteiger partial charge >= 0.3 is 0 Å². The number of rotatable bonds is 4. The summed E-state index contributed by atoms with van der Waals surface area (Å²) < 4.78 is 7.05. The van der Waals surface area contributed by atoms with E-state index in [2.05, 4.69) is 36.0 Å². The van der Waals surface area contributed by atoms with Crippen molar-refractivity contribution in [2.24, 2.45) is 0 Å². The Balaban J connectivity index is 1.51. The Bertz CT molecular complexity index is 1090. The summed E-state index contributed by atoms with van der Waals surface area (Å²) in [5.74, 6) is 0.535. The third-order valence-electron chi connectivity index (χ3n) is 5.48. The predicted octanol–water partition coefficient (Wildman–Crippen LogP) is 3.93. The molecule has 2 fully saturated rings. The van der Waals surface area contributed by atoms with Gasteiger partial charge in [0.25, 0.3) is 5.91 Å². The number of ether oxygens (including phenoxy) is 1. The number of thiazole rings is 1. The largest absolute Gasteiger partial charge is 0.378 e. The number of anilines is 3. The van der Waals surface area contributed by atoms with E-state index in [1.54, 1.807) is 29.5 Å². The van der Waals surface area contributed by atoms with E-state index in [-0.39, 0.29) is 5.91 Å². The lowest BCUT2D eigenvalue weighted by Gasteiger charge is -2.29. The highest BCUT2D eigenvalue weighted by molar-refractivity contribution is 9.10. The third kappa shape index (κ3) is 4.51. The maximum absolute atomic E-state index is 12.9. The maximum Gasteiger partial charge on any atom is 0.274 e. The summed E-state index contributed by atoms with van der Waals surface area (Å²) in [6.07, 6.45) is 3.47. The molecule has 0 spiro atoms. The van der Waals surface area contributed by atoms with Crippen molar-refractivity contribution in [1.29, 1.82) is 0 Å². The first-order valence-electron chi connectivity index (χ1n) is 10.5. The number of morpholine rings is 1. The van der Waals surface area contributed by atoms with Gasteiger partial charge in [-0.3, -0.25) is 4.79 Å². The monoisotopic (exact) mass is 502 g/mol. The van der Waals surface area contributed by atoms with Gasteiger partial charge in [0.1, 0.15) is 10.3 Å². The second-order valence-electron chi connectivity index (χ2n) is 7.62. The molecule has 1 amide bonds. The number of pyridine rings is 2. The fourth-order valence-electron chi connectivity index (χ4n) is 3.89. The van der Waals surface area contributed by atoms with Crippen LogP contribution in [0.5, 0.6) is 0 Å². The molecule has 162 valence electrons.